The number of nitrogens with one attached hydrogen (secondary N) is 1. The number of aromatic nitrogens is 3. The van der Waals surface area contributed by atoms with E-state index < -0.39 is 0 Å². The Kier molecular flexibility index (Phi) is 4.52. The molecule has 0 spiro atoms. The molecule has 1 fully saturated rings. The third-order valence-corrected chi connectivity index (χ3v) is 3.83. The van der Waals surface area contributed by atoms with Crippen molar-refractivity contribution in [1.82, 2.24) is 19.9 Å². The number of carbonyl (C=O) groups excluding carboxylic acids is 1. The standard InChI is InChI=1S/C15H18N4O4/c1-10-14(18-9-23-10)15(21)19-4-5-22-12(7-19)3-2-11-6-13(20)17-8-16-11/h6,8-9,12H,2-5,7H2,1H3,(H,16,17,20)/t12-/m1/s1. The van der Waals surface area contributed by atoms with E-state index in [-0.39, 0.29) is 17.6 Å². The van der Waals surface area contributed by atoms with Crippen LogP contribution in [0, 0.1) is 6.92 Å². The van der Waals surface area contributed by atoms with Crippen molar-refractivity contribution < 1.29 is 13.9 Å². The lowest BCUT2D eigenvalue weighted by Crippen LogP contribution is -2.46. The lowest BCUT2D eigenvalue weighted by molar-refractivity contribution is -0.0249. The van der Waals surface area contributed by atoms with E-state index in [2.05, 4.69) is 15.0 Å². The molecule has 3 heterocycles. The highest BCUT2D eigenvalue weighted by atomic mass is 16.5. The summed E-state index contributed by atoms with van der Waals surface area (Å²) in [6, 6.07) is 1.48. The van der Waals surface area contributed by atoms with Crippen LogP contribution >= 0.6 is 0 Å². The number of hydrogen-bond donors (Lipinski definition) is 1. The van der Waals surface area contributed by atoms with Crippen molar-refractivity contribution in [2.45, 2.75) is 25.9 Å². The van der Waals surface area contributed by atoms with Crippen LogP contribution in [0.1, 0.15) is 28.4 Å². The molecule has 1 atom stereocenters. The summed E-state index contributed by atoms with van der Waals surface area (Å²) in [4.78, 5) is 36.0. The number of morpholine rings is 1. The molecule has 23 heavy (non-hydrogen) atoms. The number of rotatable bonds is 4. The minimum absolute atomic E-state index is 0.0824. The maximum absolute atomic E-state index is 12.4. The Balaban J connectivity index is 1.59. The molecule has 1 aliphatic rings. The maximum Gasteiger partial charge on any atom is 0.276 e. The number of oxazole rings is 1. The van der Waals surface area contributed by atoms with E-state index >= 15 is 0 Å². The van der Waals surface area contributed by atoms with Gasteiger partial charge in [-0.05, 0) is 19.8 Å². The van der Waals surface area contributed by atoms with Crippen molar-refractivity contribution >= 4 is 5.91 Å². The van der Waals surface area contributed by atoms with Gasteiger partial charge in [-0.3, -0.25) is 9.59 Å². The zero-order valence-electron chi connectivity index (χ0n) is 12.8. The number of aryl methyl sites for hydroxylation is 2. The average Bonchev–Trinajstić information content (AvgIpc) is 2.99. The number of nitrogens with zero attached hydrogens (tertiary/aromatic N) is 3. The van der Waals surface area contributed by atoms with Crippen LogP contribution < -0.4 is 5.56 Å². The zero-order chi connectivity index (χ0) is 16.2. The number of aromatic amines is 1. The first-order chi connectivity index (χ1) is 11.1. The molecule has 0 aromatic carbocycles. The molecular weight excluding hydrogens is 300 g/mol. The van der Waals surface area contributed by atoms with Gasteiger partial charge in [-0.25, -0.2) is 9.97 Å². The molecule has 122 valence electrons. The first kappa shape index (κ1) is 15.4. The summed E-state index contributed by atoms with van der Waals surface area (Å²) >= 11 is 0. The van der Waals surface area contributed by atoms with E-state index in [1.54, 1.807) is 11.8 Å². The molecule has 1 aliphatic heterocycles. The van der Waals surface area contributed by atoms with Crippen LogP contribution in [0.5, 0.6) is 0 Å². The monoisotopic (exact) mass is 318 g/mol. The molecule has 0 bridgehead atoms. The van der Waals surface area contributed by atoms with Crippen LogP contribution in [0.2, 0.25) is 0 Å². The van der Waals surface area contributed by atoms with Crippen molar-refractivity contribution in [1.29, 1.82) is 0 Å². The molecule has 0 radical (unpaired) electrons. The van der Waals surface area contributed by atoms with Gasteiger partial charge in [0.15, 0.2) is 12.1 Å². The smallest absolute Gasteiger partial charge is 0.276 e. The number of carbonyl (C=O) groups is 1. The SMILES string of the molecule is Cc1ocnc1C(=O)N1CCO[C@H](CCc2cc(=O)[nH]cn2)C1. The van der Waals surface area contributed by atoms with E-state index in [9.17, 15) is 9.59 Å². The number of hydrogen-bond acceptors (Lipinski definition) is 6. The number of ether oxygens (including phenoxy) is 1. The lowest BCUT2D eigenvalue weighted by Gasteiger charge is -2.32. The Bertz CT molecular complexity index is 739. The average molecular weight is 318 g/mol. The second-order valence-electron chi connectivity index (χ2n) is 5.44. The first-order valence-corrected chi connectivity index (χ1v) is 7.48. The van der Waals surface area contributed by atoms with Crippen LogP contribution in [0.15, 0.2) is 28.0 Å². The van der Waals surface area contributed by atoms with Gasteiger partial charge < -0.3 is 19.0 Å². The Morgan fingerprint density at radius 2 is 2.35 bits per heavy atom. The Hall–Kier alpha value is -2.48. The first-order valence-electron chi connectivity index (χ1n) is 7.48. The molecule has 0 saturated carbocycles. The minimum atomic E-state index is -0.169. The fraction of sp³-hybridized carbons (Fsp3) is 0.467. The van der Waals surface area contributed by atoms with E-state index in [0.717, 1.165) is 0 Å². The fourth-order valence-electron chi connectivity index (χ4n) is 2.59. The summed E-state index contributed by atoms with van der Waals surface area (Å²) in [6.45, 7) is 3.23. The summed E-state index contributed by atoms with van der Waals surface area (Å²) in [5.74, 6) is 0.379. The van der Waals surface area contributed by atoms with Crippen LogP contribution in [0.4, 0.5) is 0 Å². The van der Waals surface area contributed by atoms with Crippen LogP contribution in [0.3, 0.4) is 0 Å². The van der Waals surface area contributed by atoms with Crippen molar-refractivity contribution in [3.63, 3.8) is 0 Å². The molecule has 0 aliphatic carbocycles. The molecule has 8 nitrogen and oxygen atoms in total. The van der Waals surface area contributed by atoms with Gasteiger partial charge in [-0.1, -0.05) is 0 Å². The number of amides is 1. The van der Waals surface area contributed by atoms with Gasteiger partial charge in [0, 0.05) is 24.8 Å². The molecule has 1 saturated heterocycles. The van der Waals surface area contributed by atoms with E-state index in [1.807, 2.05) is 0 Å². The molecule has 1 N–H and O–H groups in total. The molecule has 0 unspecified atom stereocenters. The molecule has 1 amide bonds. The normalized spacial score (nSPS) is 18.1. The van der Waals surface area contributed by atoms with Gasteiger partial charge in [0.2, 0.25) is 0 Å². The second-order valence-corrected chi connectivity index (χ2v) is 5.44. The molecule has 2 aromatic rings. The quantitative estimate of drug-likeness (QED) is 0.883. The van der Waals surface area contributed by atoms with E-state index in [1.165, 1.54) is 18.8 Å². The highest BCUT2D eigenvalue weighted by molar-refractivity contribution is 5.93. The van der Waals surface area contributed by atoms with Gasteiger partial charge in [-0.15, -0.1) is 0 Å². The van der Waals surface area contributed by atoms with E-state index in [0.29, 0.717) is 49.7 Å². The summed E-state index contributed by atoms with van der Waals surface area (Å²) in [5, 5.41) is 0. The second kappa shape index (κ2) is 6.74. The van der Waals surface area contributed by atoms with Crippen LogP contribution in [0.25, 0.3) is 0 Å². The van der Waals surface area contributed by atoms with Gasteiger partial charge in [0.25, 0.3) is 11.5 Å². The highest BCUT2D eigenvalue weighted by Crippen LogP contribution is 2.15. The topological polar surface area (TPSA) is 101 Å². The van der Waals surface area contributed by atoms with Crippen molar-refractivity contribution in [3.05, 3.63) is 46.3 Å². The van der Waals surface area contributed by atoms with Gasteiger partial charge >= 0.3 is 0 Å². The number of H-pyrrole nitrogens is 1. The fourth-order valence-corrected chi connectivity index (χ4v) is 2.59. The Morgan fingerprint density at radius 1 is 1.48 bits per heavy atom. The molecule has 2 aromatic heterocycles. The summed E-state index contributed by atoms with van der Waals surface area (Å²) in [5.41, 5.74) is 0.896. The Morgan fingerprint density at radius 3 is 3.09 bits per heavy atom. The summed E-state index contributed by atoms with van der Waals surface area (Å²) < 4.78 is 10.8. The third-order valence-electron chi connectivity index (χ3n) is 3.83. The van der Waals surface area contributed by atoms with Crippen LogP contribution in [-0.2, 0) is 11.2 Å². The zero-order valence-corrected chi connectivity index (χ0v) is 12.8. The predicted molar refractivity (Wildman–Crippen MR) is 80.1 cm³/mol. The van der Waals surface area contributed by atoms with Gasteiger partial charge in [-0.2, -0.15) is 0 Å². The van der Waals surface area contributed by atoms with Gasteiger partial charge in [0.1, 0.15) is 5.76 Å². The largest absolute Gasteiger partial charge is 0.448 e. The Labute approximate surface area is 132 Å². The third kappa shape index (κ3) is 3.65. The van der Waals surface area contributed by atoms with Crippen LogP contribution in [-0.4, -0.2) is 51.6 Å². The minimum Gasteiger partial charge on any atom is -0.448 e. The van der Waals surface area contributed by atoms with Gasteiger partial charge in [0.05, 0.1) is 19.0 Å². The molecule has 8 heteroatoms. The summed E-state index contributed by atoms with van der Waals surface area (Å²) in [6.07, 6.45) is 3.90. The lowest BCUT2D eigenvalue weighted by atomic mass is 10.1. The maximum atomic E-state index is 12.4. The predicted octanol–water partition coefficient (Wildman–Crippen LogP) is 0.540. The van der Waals surface area contributed by atoms with Crippen molar-refractivity contribution in [3.8, 4) is 0 Å². The molecule has 3 rings (SSSR count). The van der Waals surface area contributed by atoms with Crippen molar-refractivity contribution in [2.24, 2.45) is 0 Å². The summed E-state index contributed by atoms with van der Waals surface area (Å²) in [7, 11) is 0. The van der Waals surface area contributed by atoms with Crippen molar-refractivity contribution in [2.75, 3.05) is 19.7 Å². The molecular formula is C15H18N4O4. The highest BCUT2D eigenvalue weighted by Gasteiger charge is 2.27. The van der Waals surface area contributed by atoms with E-state index in [4.69, 9.17) is 9.15 Å².